The van der Waals surface area contributed by atoms with E-state index in [0.29, 0.717) is 0 Å². The first-order chi connectivity index (χ1) is 9.04. The summed E-state index contributed by atoms with van der Waals surface area (Å²) in [7, 11) is 0. The highest BCUT2D eigenvalue weighted by atomic mass is 16.5. The van der Waals surface area contributed by atoms with Crippen molar-refractivity contribution in [2.45, 2.75) is 38.7 Å². The first-order valence-corrected chi connectivity index (χ1v) is 6.73. The molecule has 2 aliphatic rings. The van der Waals surface area contributed by atoms with Crippen LogP contribution in [0.4, 0.5) is 0 Å². The molecule has 5 heteroatoms. The maximum absolute atomic E-state index is 12.2. The number of rotatable bonds is 4. The van der Waals surface area contributed by atoms with E-state index in [1.165, 1.54) is 4.90 Å². The van der Waals surface area contributed by atoms with Crippen molar-refractivity contribution >= 4 is 17.8 Å². The summed E-state index contributed by atoms with van der Waals surface area (Å²) in [4.78, 5) is 36.7. The second kappa shape index (κ2) is 5.55. The van der Waals surface area contributed by atoms with Gasteiger partial charge in [-0.3, -0.25) is 14.5 Å². The van der Waals surface area contributed by atoms with Gasteiger partial charge in [-0.1, -0.05) is 19.4 Å². The minimum absolute atomic E-state index is 0.101. The lowest BCUT2D eigenvalue weighted by Gasteiger charge is -2.19. The zero-order valence-corrected chi connectivity index (χ0v) is 11.1. The van der Waals surface area contributed by atoms with Crippen LogP contribution in [0.1, 0.15) is 32.6 Å². The Kier molecular flexibility index (Phi) is 4.02. The molecule has 3 atom stereocenters. The van der Waals surface area contributed by atoms with Gasteiger partial charge in [-0.15, -0.1) is 0 Å². The normalized spacial score (nSPS) is 27.9. The smallest absolute Gasteiger partial charge is 0.330 e. The van der Waals surface area contributed by atoms with Gasteiger partial charge in [0.25, 0.3) is 0 Å². The summed E-state index contributed by atoms with van der Waals surface area (Å²) < 4.78 is 5.01. The van der Waals surface area contributed by atoms with E-state index in [4.69, 9.17) is 4.74 Å². The average molecular weight is 265 g/mol. The van der Waals surface area contributed by atoms with Crippen LogP contribution in [-0.2, 0) is 19.1 Å². The number of hydrogen-bond donors (Lipinski definition) is 0. The fraction of sp³-hybridized carbons (Fsp3) is 0.643. The molecule has 0 aromatic heterocycles. The van der Waals surface area contributed by atoms with Crippen LogP contribution in [0.25, 0.3) is 0 Å². The minimum atomic E-state index is -0.538. The van der Waals surface area contributed by atoms with Crippen molar-refractivity contribution in [3.05, 3.63) is 12.7 Å². The van der Waals surface area contributed by atoms with E-state index in [1.807, 2.05) is 0 Å². The highest BCUT2D eigenvalue weighted by Gasteiger charge is 2.48. The van der Waals surface area contributed by atoms with Crippen LogP contribution in [0.5, 0.6) is 0 Å². The van der Waals surface area contributed by atoms with Crippen LogP contribution in [0, 0.1) is 11.8 Å². The molecule has 0 radical (unpaired) electrons. The van der Waals surface area contributed by atoms with E-state index in [-0.39, 0.29) is 30.2 Å². The van der Waals surface area contributed by atoms with Crippen molar-refractivity contribution in [1.29, 1.82) is 0 Å². The Morgan fingerprint density at radius 1 is 1.37 bits per heavy atom. The number of likely N-dealkylation sites (tertiary alicyclic amines) is 1. The summed E-state index contributed by atoms with van der Waals surface area (Å²) in [6.07, 6.45) is 4.19. The van der Waals surface area contributed by atoms with Crippen molar-refractivity contribution in [3.8, 4) is 0 Å². The third kappa shape index (κ3) is 2.69. The van der Waals surface area contributed by atoms with Gasteiger partial charge in [0, 0.05) is 6.08 Å². The monoisotopic (exact) mass is 265 g/mol. The quantitative estimate of drug-likeness (QED) is 0.436. The second-order valence-corrected chi connectivity index (χ2v) is 5.24. The van der Waals surface area contributed by atoms with E-state index in [9.17, 15) is 14.4 Å². The van der Waals surface area contributed by atoms with E-state index >= 15 is 0 Å². The van der Waals surface area contributed by atoms with Gasteiger partial charge in [-0.25, -0.2) is 4.79 Å². The minimum Gasteiger partial charge on any atom is -0.458 e. The van der Waals surface area contributed by atoms with Gasteiger partial charge in [-0.05, 0) is 19.8 Å². The lowest BCUT2D eigenvalue weighted by molar-refractivity contribution is -0.149. The molecule has 0 bridgehead atoms. The van der Waals surface area contributed by atoms with Gasteiger partial charge < -0.3 is 4.74 Å². The van der Waals surface area contributed by atoms with E-state index < -0.39 is 12.1 Å². The molecule has 0 aromatic rings. The van der Waals surface area contributed by atoms with Crippen molar-refractivity contribution in [1.82, 2.24) is 4.90 Å². The second-order valence-electron chi connectivity index (χ2n) is 5.24. The molecule has 2 fully saturated rings. The number of amides is 2. The largest absolute Gasteiger partial charge is 0.458 e. The van der Waals surface area contributed by atoms with Gasteiger partial charge >= 0.3 is 5.97 Å². The average Bonchev–Trinajstić information content (AvgIpc) is 2.64. The van der Waals surface area contributed by atoms with Crippen molar-refractivity contribution in [3.63, 3.8) is 0 Å². The number of ether oxygens (including phenoxy) is 1. The summed E-state index contributed by atoms with van der Waals surface area (Å²) in [6.45, 7) is 5.13. The molecule has 1 aliphatic carbocycles. The Balaban J connectivity index is 2.00. The van der Waals surface area contributed by atoms with Crippen LogP contribution in [0.2, 0.25) is 0 Å². The SMILES string of the molecule is C=CC(=O)OC(C)CN1C(=O)C2CCCCC2C1=O. The molecule has 104 valence electrons. The Labute approximate surface area is 112 Å². The van der Waals surface area contributed by atoms with Crippen LogP contribution in [-0.4, -0.2) is 35.3 Å². The lowest BCUT2D eigenvalue weighted by atomic mass is 9.81. The summed E-state index contributed by atoms with van der Waals surface area (Å²) in [5.41, 5.74) is 0. The molecular formula is C14H19NO4. The van der Waals surface area contributed by atoms with Crippen LogP contribution < -0.4 is 0 Å². The fourth-order valence-electron chi connectivity index (χ4n) is 2.95. The predicted molar refractivity (Wildman–Crippen MR) is 67.9 cm³/mol. The highest BCUT2D eigenvalue weighted by molar-refractivity contribution is 6.05. The Morgan fingerprint density at radius 3 is 2.37 bits per heavy atom. The van der Waals surface area contributed by atoms with Crippen molar-refractivity contribution in [2.24, 2.45) is 11.8 Å². The first-order valence-electron chi connectivity index (χ1n) is 6.73. The maximum atomic E-state index is 12.2. The van der Waals surface area contributed by atoms with Gasteiger partial charge in [0.2, 0.25) is 11.8 Å². The standard InChI is InChI=1S/C14H19NO4/c1-3-12(16)19-9(2)8-15-13(17)10-6-4-5-7-11(10)14(15)18/h3,9-11H,1,4-8H2,2H3. The summed E-state index contributed by atoms with van der Waals surface area (Å²) in [6, 6.07) is 0. The molecule has 2 amide bonds. The molecule has 5 nitrogen and oxygen atoms in total. The third-order valence-corrected chi connectivity index (χ3v) is 3.86. The molecule has 3 unspecified atom stereocenters. The van der Waals surface area contributed by atoms with Gasteiger partial charge in [0.15, 0.2) is 0 Å². The molecule has 1 saturated carbocycles. The number of nitrogens with zero attached hydrogens (tertiary/aromatic N) is 1. The molecule has 0 aromatic carbocycles. The fourth-order valence-corrected chi connectivity index (χ4v) is 2.95. The van der Waals surface area contributed by atoms with E-state index in [2.05, 4.69) is 6.58 Å². The van der Waals surface area contributed by atoms with Gasteiger partial charge in [0.05, 0.1) is 18.4 Å². The molecule has 19 heavy (non-hydrogen) atoms. The predicted octanol–water partition coefficient (Wildman–Crippen LogP) is 1.28. The Bertz CT molecular complexity index is 394. The highest BCUT2D eigenvalue weighted by Crippen LogP contribution is 2.38. The number of imide groups is 1. The number of hydrogen-bond acceptors (Lipinski definition) is 4. The number of esters is 1. The maximum Gasteiger partial charge on any atom is 0.330 e. The van der Waals surface area contributed by atoms with Crippen LogP contribution >= 0.6 is 0 Å². The van der Waals surface area contributed by atoms with Crippen LogP contribution in [0.3, 0.4) is 0 Å². The van der Waals surface area contributed by atoms with Crippen LogP contribution in [0.15, 0.2) is 12.7 Å². The number of carbonyl (C=O) groups is 3. The zero-order valence-electron chi connectivity index (χ0n) is 11.1. The summed E-state index contributed by atoms with van der Waals surface area (Å²) >= 11 is 0. The van der Waals surface area contributed by atoms with Gasteiger partial charge in [0.1, 0.15) is 6.10 Å². The van der Waals surface area contributed by atoms with E-state index in [1.54, 1.807) is 6.92 Å². The lowest BCUT2D eigenvalue weighted by Crippen LogP contribution is -2.38. The topological polar surface area (TPSA) is 63.7 Å². The Morgan fingerprint density at radius 2 is 1.89 bits per heavy atom. The van der Waals surface area contributed by atoms with Crippen molar-refractivity contribution in [2.75, 3.05) is 6.54 Å². The number of fused-ring (bicyclic) bond motifs is 1. The van der Waals surface area contributed by atoms with Crippen molar-refractivity contribution < 1.29 is 19.1 Å². The number of carbonyl (C=O) groups excluding carboxylic acids is 3. The molecule has 1 aliphatic heterocycles. The Hall–Kier alpha value is -1.65. The zero-order chi connectivity index (χ0) is 14.0. The molecule has 1 heterocycles. The third-order valence-electron chi connectivity index (χ3n) is 3.86. The molecular weight excluding hydrogens is 246 g/mol. The molecule has 0 spiro atoms. The van der Waals surface area contributed by atoms with E-state index in [0.717, 1.165) is 31.8 Å². The summed E-state index contributed by atoms with van der Waals surface area (Å²) in [5.74, 6) is -1.04. The molecule has 1 saturated heterocycles. The molecule has 0 N–H and O–H groups in total. The van der Waals surface area contributed by atoms with Gasteiger partial charge in [-0.2, -0.15) is 0 Å². The first kappa shape index (κ1) is 13.8. The summed E-state index contributed by atoms with van der Waals surface area (Å²) in [5, 5.41) is 0. The molecule has 2 rings (SSSR count).